The summed E-state index contributed by atoms with van der Waals surface area (Å²) in [6, 6.07) is 5.38. The minimum absolute atomic E-state index is 0.0972. The van der Waals surface area contributed by atoms with E-state index in [2.05, 4.69) is 15.0 Å². The molecule has 2 aliphatic heterocycles. The lowest BCUT2D eigenvalue weighted by atomic mass is 9.70. The first-order chi connectivity index (χ1) is 17.5. The van der Waals surface area contributed by atoms with Gasteiger partial charge in [-0.2, -0.15) is 0 Å². The minimum Gasteiger partial charge on any atom is -0.467 e. The van der Waals surface area contributed by atoms with Crippen LogP contribution >= 0.6 is 0 Å². The maximum atomic E-state index is 15.7. The van der Waals surface area contributed by atoms with Gasteiger partial charge in [-0.05, 0) is 38.2 Å². The smallest absolute Gasteiger partial charge is 0.376 e. The summed E-state index contributed by atoms with van der Waals surface area (Å²) >= 11 is 0. The van der Waals surface area contributed by atoms with Crippen LogP contribution in [-0.4, -0.2) is 81.7 Å². The van der Waals surface area contributed by atoms with Crippen molar-refractivity contribution in [3.8, 4) is 22.7 Å². The highest BCUT2D eigenvalue weighted by atomic mass is 19.1. The van der Waals surface area contributed by atoms with Crippen LogP contribution in [0.4, 0.5) is 10.2 Å². The monoisotopic (exact) mass is 494 g/mol. The van der Waals surface area contributed by atoms with E-state index in [1.165, 1.54) is 0 Å². The Kier molecular flexibility index (Phi) is 7.22. The number of anilines is 1. The predicted molar refractivity (Wildman–Crippen MR) is 136 cm³/mol. The van der Waals surface area contributed by atoms with E-state index >= 15 is 4.39 Å². The maximum absolute atomic E-state index is 15.7. The van der Waals surface area contributed by atoms with Crippen molar-refractivity contribution >= 4 is 12.9 Å². The number of hydrogen-bond donors (Lipinski definition) is 1. The largest absolute Gasteiger partial charge is 0.467 e. The minimum atomic E-state index is -1.08. The van der Waals surface area contributed by atoms with Crippen molar-refractivity contribution in [3.05, 3.63) is 49.3 Å². The molecule has 36 heavy (non-hydrogen) atoms. The molecule has 5 rings (SSSR count). The summed E-state index contributed by atoms with van der Waals surface area (Å²) in [6.45, 7) is 1.83. The Bertz CT molecular complexity index is 1150. The van der Waals surface area contributed by atoms with Crippen LogP contribution in [0.15, 0.2) is 49.3 Å². The van der Waals surface area contributed by atoms with Crippen molar-refractivity contribution in [1.29, 1.82) is 0 Å². The normalized spacial score (nSPS) is 23.9. The first-order valence-corrected chi connectivity index (χ1v) is 12.4. The molecule has 2 aliphatic rings. The van der Waals surface area contributed by atoms with Gasteiger partial charge in [0.1, 0.15) is 17.7 Å². The molecule has 2 saturated heterocycles. The van der Waals surface area contributed by atoms with Crippen LogP contribution < -0.4 is 9.64 Å². The van der Waals surface area contributed by atoms with Crippen LogP contribution in [0.1, 0.15) is 25.7 Å². The number of nitrogens with zero attached hydrogens (tertiary/aromatic N) is 6. The average Bonchev–Trinajstić information content (AvgIpc) is 3.44. The van der Waals surface area contributed by atoms with Crippen molar-refractivity contribution in [2.24, 2.45) is 0 Å². The van der Waals surface area contributed by atoms with Gasteiger partial charge < -0.3 is 28.8 Å². The lowest BCUT2D eigenvalue weighted by Crippen LogP contribution is -2.66. The Labute approximate surface area is 211 Å². The van der Waals surface area contributed by atoms with Crippen LogP contribution in [0.5, 0.6) is 5.75 Å². The molecule has 11 heteroatoms. The number of imidazole rings is 1. The molecule has 2 fully saturated rings. The molecule has 9 nitrogen and oxygen atoms in total. The van der Waals surface area contributed by atoms with Crippen molar-refractivity contribution < 1.29 is 18.9 Å². The number of methoxy groups -OCH3 is 1. The fourth-order valence-electron chi connectivity index (χ4n) is 5.66. The number of ether oxygens (including phenoxy) is 2. The summed E-state index contributed by atoms with van der Waals surface area (Å²) in [6.07, 6.45) is 11.0. The summed E-state index contributed by atoms with van der Waals surface area (Å²) in [7, 11) is 2.81. The molecule has 0 spiro atoms. The molecule has 0 amide bonds. The van der Waals surface area contributed by atoms with Gasteiger partial charge in [0.25, 0.3) is 0 Å². The average molecular weight is 494 g/mol. The van der Waals surface area contributed by atoms with Crippen molar-refractivity contribution in [1.82, 2.24) is 24.3 Å². The van der Waals surface area contributed by atoms with Gasteiger partial charge in [-0.1, -0.05) is 6.42 Å². The second kappa shape index (κ2) is 10.5. The van der Waals surface area contributed by atoms with Gasteiger partial charge >= 0.3 is 7.05 Å². The summed E-state index contributed by atoms with van der Waals surface area (Å²) in [4.78, 5) is 17.2. The van der Waals surface area contributed by atoms with E-state index in [0.717, 1.165) is 30.5 Å². The van der Waals surface area contributed by atoms with E-state index in [1.54, 1.807) is 38.9 Å². The highest BCUT2D eigenvalue weighted by molar-refractivity contribution is 6.45. The first-order valence-electron chi connectivity index (χ1n) is 12.4. The van der Waals surface area contributed by atoms with Gasteiger partial charge in [-0.25, -0.2) is 14.4 Å². The second-order valence-corrected chi connectivity index (χ2v) is 9.55. The summed E-state index contributed by atoms with van der Waals surface area (Å²) in [5.74, 6) is 1.23. The second-order valence-electron chi connectivity index (χ2n) is 9.55. The van der Waals surface area contributed by atoms with Crippen LogP contribution in [0, 0.1) is 0 Å². The van der Waals surface area contributed by atoms with Gasteiger partial charge in [0, 0.05) is 50.3 Å². The maximum Gasteiger partial charge on any atom is 0.376 e. The zero-order valence-corrected chi connectivity index (χ0v) is 20.9. The molecular weight excluding hydrogens is 462 g/mol. The molecule has 1 N–H and O–H groups in total. The number of rotatable bonds is 8. The molecule has 0 saturated carbocycles. The molecule has 4 heterocycles. The third-order valence-corrected chi connectivity index (χ3v) is 7.40. The molecule has 2 bridgehead atoms. The summed E-state index contributed by atoms with van der Waals surface area (Å²) in [5, 5.41) is 10.2. The van der Waals surface area contributed by atoms with Crippen LogP contribution in [0.25, 0.3) is 16.9 Å². The lowest BCUT2D eigenvalue weighted by molar-refractivity contribution is 0.0203. The molecule has 0 aliphatic carbocycles. The van der Waals surface area contributed by atoms with Gasteiger partial charge in [0.05, 0.1) is 36.1 Å². The van der Waals surface area contributed by atoms with E-state index < -0.39 is 13.2 Å². The van der Waals surface area contributed by atoms with Gasteiger partial charge in [-0.15, -0.1) is 0 Å². The molecule has 0 radical (unpaired) electrons. The Balaban J connectivity index is 1.37. The lowest BCUT2D eigenvalue weighted by Gasteiger charge is -2.53. The SMILES string of the molecule is COCOc1cc(-n2ccnc2)ccc1-c1cnc(N(C)[C@H]2CC3CCCC([C@H]2F)N3B(C)O)cn1. The van der Waals surface area contributed by atoms with Crippen molar-refractivity contribution in [2.75, 3.05) is 25.9 Å². The molecule has 4 atom stereocenters. The van der Waals surface area contributed by atoms with Gasteiger partial charge in [-0.3, -0.25) is 4.98 Å². The van der Waals surface area contributed by atoms with E-state index in [-0.39, 0.29) is 24.9 Å². The van der Waals surface area contributed by atoms with E-state index in [1.807, 2.05) is 45.7 Å². The number of piperidine rings is 2. The molecular formula is C25H32BFN6O3. The zero-order chi connectivity index (χ0) is 25.2. The Morgan fingerprint density at radius 1 is 1.25 bits per heavy atom. The molecule has 2 aromatic heterocycles. The van der Waals surface area contributed by atoms with E-state index in [9.17, 15) is 5.02 Å². The van der Waals surface area contributed by atoms with Crippen LogP contribution in [-0.2, 0) is 4.74 Å². The number of alkyl halides is 1. The molecule has 190 valence electrons. The Morgan fingerprint density at radius 2 is 2.11 bits per heavy atom. The number of halogens is 1. The number of fused-ring (bicyclic) bond motifs is 2. The zero-order valence-electron chi connectivity index (χ0n) is 20.9. The van der Waals surface area contributed by atoms with E-state index in [4.69, 9.17) is 9.47 Å². The fraction of sp³-hybridized carbons (Fsp3) is 0.480. The van der Waals surface area contributed by atoms with Gasteiger partial charge in [0.15, 0.2) is 6.79 Å². The highest BCUT2D eigenvalue weighted by Gasteiger charge is 2.49. The van der Waals surface area contributed by atoms with E-state index in [0.29, 0.717) is 23.7 Å². The predicted octanol–water partition coefficient (Wildman–Crippen LogP) is 3.19. The van der Waals surface area contributed by atoms with Crippen LogP contribution in [0.3, 0.4) is 0 Å². The molecule has 3 aromatic rings. The van der Waals surface area contributed by atoms with Crippen molar-refractivity contribution in [2.45, 2.75) is 56.8 Å². The molecule has 1 aromatic carbocycles. The fourth-order valence-corrected chi connectivity index (χ4v) is 5.66. The topological polar surface area (TPSA) is 88.8 Å². The van der Waals surface area contributed by atoms with Crippen molar-refractivity contribution in [3.63, 3.8) is 0 Å². The Hall–Kier alpha value is -3.02. The molecule has 2 unspecified atom stereocenters. The standard InChI is InChI=1S/C25H32BFN6O3/c1-26(34)33-18-5-4-6-21(33)25(27)22(11-18)31(2)24-14-29-20(13-30-24)19-8-7-17(32-10-9-28-15-32)12-23(19)36-16-35-3/h7-10,12-15,18,21-22,25,34H,4-6,11,16H2,1-3H3/t18?,21?,22-,25+/m0/s1. The van der Waals surface area contributed by atoms with Gasteiger partial charge in [0.2, 0.25) is 0 Å². The highest BCUT2D eigenvalue weighted by Crippen LogP contribution is 2.39. The summed E-state index contributed by atoms with van der Waals surface area (Å²) < 4.78 is 28.5. The Morgan fingerprint density at radius 3 is 2.81 bits per heavy atom. The van der Waals surface area contributed by atoms with Crippen LogP contribution in [0.2, 0.25) is 6.82 Å². The third-order valence-electron chi connectivity index (χ3n) is 7.40. The quantitative estimate of drug-likeness (QED) is 0.378. The first kappa shape index (κ1) is 24.7. The third kappa shape index (κ3) is 4.70. The number of hydrogen-bond acceptors (Lipinski definition) is 8. The number of benzene rings is 1. The number of aromatic nitrogens is 4. The summed E-state index contributed by atoms with van der Waals surface area (Å²) in [5.41, 5.74) is 2.32.